The molecule has 1 aliphatic carbocycles. The van der Waals surface area contributed by atoms with Crippen molar-refractivity contribution in [2.45, 2.75) is 19.3 Å². The van der Waals surface area contributed by atoms with Gasteiger partial charge in [0.1, 0.15) is 0 Å². The SMILES string of the molecule is O=C(NCC1(C(=O)O)CCC1)c1ccc(Cl)nn1. The van der Waals surface area contributed by atoms with Crippen LogP contribution in [0.5, 0.6) is 0 Å². The summed E-state index contributed by atoms with van der Waals surface area (Å²) in [4.78, 5) is 22.8. The molecule has 0 bridgehead atoms. The predicted octanol–water partition coefficient (Wildman–Crippen LogP) is 1.11. The van der Waals surface area contributed by atoms with E-state index in [-0.39, 0.29) is 17.4 Å². The normalized spacial score (nSPS) is 16.7. The van der Waals surface area contributed by atoms with Gasteiger partial charge in [-0.25, -0.2) is 0 Å². The zero-order valence-corrected chi connectivity index (χ0v) is 10.3. The molecule has 1 aromatic rings. The summed E-state index contributed by atoms with van der Waals surface area (Å²) < 4.78 is 0. The Hall–Kier alpha value is -1.69. The fraction of sp³-hybridized carbons (Fsp3) is 0.455. The summed E-state index contributed by atoms with van der Waals surface area (Å²) in [5.74, 6) is -1.30. The molecular weight excluding hydrogens is 258 g/mol. The van der Waals surface area contributed by atoms with E-state index in [1.807, 2.05) is 0 Å². The lowest BCUT2D eigenvalue weighted by atomic mass is 9.69. The summed E-state index contributed by atoms with van der Waals surface area (Å²) in [5, 5.41) is 19.1. The number of carbonyl (C=O) groups excluding carboxylic acids is 1. The van der Waals surface area contributed by atoms with E-state index in [9.17, 15) is 9.59 Å². The van der Waals surface area contributed by atoms with E-state index in [4.69, 9.17) is 16.7 Å². The minimum absolute atomic E-state index is 0.117. The highest BCUT2D eigenvalue weighted by atomic mass is 35.5. The molecule has 2 N–H and O–H groups in total. The number of hydrogen-bond donors (Lipinski definition) is 2. The molecular formula is C11H12ClN3O3. The lowest BCUT2D eigenvalue weighted by Crippen LogP contribution is -2.47. The number of nitrogens with zero attached hydrogens (tertiary/aromatic N) is 2. The van der Waals surface area contributed by atoms with Crippen molar-refractivity contribution in [1.29, 1.82) is 0 Å². The van der Waals surface area contributed by atoms with E-state index in [0.29, 0.717) is 12.8 Å². The smallest absolute Gasteiger partial charge is 0.311 e. The van der Waals surface area contributed by atoms with Crippen molar-refractivity contribution in [1.82, 2.24) is 15.5 Å². The Labute approximate surface area is 108 Å². The number of halogens is 1. The fourth-order valence-corrected chi connectivity index (χ4v) is 1.95. The van der Waals surface area contributed by atoms with Crippen LogP contribution in [0.1, 0.15) is 29.8 Å². The van der Waals surface area contributed by atoms with E-state index in [1.54, 1.807) is 0 Å². The summed E-state index contributed by atoms with van der Waals surface area (Å²) in [7, 11) is 0. The van der Waals surface area contributed by atoms with Gasteiger partial charge >= 0.3 is 5.97 Å². The number of carboxylic acid groups (broad SMARTS) is 1. The second-order valence-corrected chi connectivity index (χ2v) is 4.75. The number of carbonyl (C=O) groups is 2. The third-order valence-electron chi connectivity index (χ3n) is 3.22. The lowest BCUT2D eigenvalue weighted by Gasteiger charge is -2.37. The molecule has 0 spiro atoms. The van der Waals surface area contributed by atoms with Gasteiger partial charge in [0, 0.05) is 6.54 Å². The largest absolute Gasteiger partial charge is 0.481 e. The van der Waals surface area contributed by atoms with Gasteiger partial charge in [-0.3, -0.25) is 9.59 Å². The van der Waals surface area contributed by atoms with Crippen molar-refractivity contribution in [3.63, 3.8) is 0 Å². The van der Waals surface area contributed by atoms with Crippen LogP contribution in [0.25, 0.3) is 0 Å². The van der Waals surface area contributed by atoms with Crippen LogP contribution < -0.4 is 5.32 Å². The van der Waals surface area contributed by atoms with Crippen LogP contribution in [0.2, 0.25) is 5.15 Å². The lowest BCUT2D eigenvalue weighted by molar-refractivity contribution is -0.153. The Morgan fingerprint density at radius 1 is 1.39 bits per heavy atom. The molecule has 0 saturated heterocycles. The van der Waals surface area contributed by atoms with Gasteiger partial charge in [0.2, 0.25) is 0 Å². The molecule has 7 heteroatoms. The number of hydrogen-bond acceptors (Lipinski definition) is 4. The van der Waals surface area contributed by atoms with Gasteiger partial charge in [0.25, 0.3) is 5.91 Å². The quantitative estimate of drug-likeness (QED) is 0.854. The van der Waals surface area contributed by atoms with Gasteiger partial charge in [-0.15, -0.1) is 10.2 Å². The fourth-order valence-electron chi connectivity index (χ4n) is 1.85. The van der Waals surface area contributed by atoms with Gasteiger partial charge in [0.15, 0.2) is 10.8 Å². The monoisotopic (exact) mass is 269 g/mol. The van der Waals surface area contributed by atoms with Crippen LogP contribution in [0.4, 0.5) is 0 Å². The number of aliphatic carboxylic acids is 1. The zero-order valence-electron chi connectivity index (χ0n) is 9.52. The summed E-state index contributed by atoms with van der Waals surface area (Å²) in [6, 6.07) is 2.90. The summed E-state index contributed by atoms with van der Waals surface area (Å²) in [5.41, 5.74) is -0.686. The van der Waals surface area contributed by atoms with Crippen molar-refractivity contribution < 1.29 is 14.7 Å². The van der Waals surface area contributed by atoms with Crippen LogP contribution in [0.3, 0.4) is 0 Å². The van der Waals surface area contributed by atoms with Crippen LogP contribution >= 0.6 is 11.6 Å². The number of aromatic nitrogens is 2. The minimum atomic E-state index is -0.865. The van der Waals surface area contributed by atoms with E-state index in [0.717, 1.165) is 6.42 Å². The molecule has 0 atom stereocenters. The van der Waals surface area contributed by atoms with Crippen molar-refractivity contribution in [2.24, 2.45) is 5.41 Å². The van der Waals surface area contributed by atoms with Crippen LogP contribution in [-0.2, 0) is 4.79 Å². The average molecular weight is 270 g/mol. The van der Waals surface area contributed by atoms with Crippen molar-refractivity contribution in [3.05, 3.63) is 23.0 Å². The molecule has 1 amide bonds. The summed E-state index contributed by atoms with van der Waals surface area (Å²) in [6.45, 7) is 0.117. The highest BCUT2D eigenvalue weighted by Crippen LogP contribution is 2.40. The summed E-state index contributed by atoms with van der Waals surface area (Å²) >= 11 is 5.56. The average Bonchev–Trinajstić information content (AvgIpc) is 2.27. The third-order valence-corrected chi connectivity index (χ3v) is 3.42. The van der Waals surface area contributed by atoms with Crippen LogP contribution in [-0.4, -0.2) is 33.7 Å². The highest BCUT2D eigenvalue weighted by Gasteiger charge is 2.44. The zero-order chi connectivity index (χ0) is 13.2. The predicted molar refractivity (Wildman–Crippen MR) is 63.3 cm³/mol. The second kappa shape index (κ2) is 4.89. The molecule has 0 unspecified atom stereocenters. The number of nitrogens with one attached hydrogen (secondary N) is 1. The Bertz CT molecular complexity index is 471. The highest BCUT2D eigenvalue weighted by molar-refractivity contribution is 6.29. The van der Waals surface area contributed by atoms with E-state index < -0.39 is 17.3 Å². The first-order valence-electron chi connectivity index (χ1n) is 5.54. The Morgan fingerprint density at radius 3 is 2.56 bits per heavy atom. The standard InChI is InChI=1S/C11H12ClN3O3/c12-8-3-2-7(14-15-8)9(16)13-6-11(10(17)18)4-1-5-11/h2-3H,1,4-6H2,(H,13,16)(H,17,18). The Kier molecular flexibility index (Phi) is 3.47. The molecule has 0 aromatic carbocycles. The second-order valence-electron chi connectivity index (χ2n) is 4.36. The molecule has 1 aliphatic rings. The maximum absolute atomic E-state index is 11.7. The van der Waals surface area contributed by atoms with Gasteiger partial charge < -0.3 is 10.4 Å². The molecule has 96 valence electrons. The van der Waals surface area contributed by atoms with E-state index in [2.05, 4.69) is 15.5 Å². The van der Waals surface area contributed by atoms with Crippen LogP contribution in [0.15, 0.2) is 12.1 Å². The maximum Gasteiger partial charge on any atom is 0.311 e. The Morgan fingerprint density at radius 2 is 2.11 bits per heavy atom. The van der Waals surface area contributed by atoms with Crippen molar-refractivity contribution in [2.75, 3.05) is 6.54 Å². The van der Waals surface area contributed by atoms with Crippen LogP contribution in [0, 0.1) is 5.41 Å². The molecule has 0 aliphatic heterocycles. The maximum atomic E-state index is 11.7. The Balaban J connectivity index is 1.96. The van der Waals surface area contributed by atoms with Gasteiger partial charge in [-0.05, 0) is 25.0 Å². The molecule has 1 fully saturated rings. The van der Waals surface area contributed by atoms with Crippen molar-refractivity contribution in [3.8, 4) is 0 Å². The number of rotatable bonds is 4. The van der Waals surface area contributed by atoms with Crippen molar-refractivity contribution >= 4 is 23.5 Å². The first-order chi connectivity index (χ1) is 8.53. The minimum Gasteiger partial charge on any atom is -0.481 e. The third kappa shape index (κ3) is 2.43. The first-order valence-corrected chi connectivity index (χ1v) is 5.92. The molecule has 2 rings (SSSR count). The van der Waals surface area contributed by atoms with Gasteiger partial charge in [-0.2, -0.15) is 0 Å². The first kappa shape index (κ1) is 12.8. The number of carboxylic acids is 1. The van der Waals surface area contributed by atoms with E-state index >= 15 is 0 Å². The molecule has 0 radical (unpaired) electrons. The molecule has 1 saturated carbocycles. The summed E-state index contributed by atoms with van der Waals surface area (Å²) in [6.07, 6.45) is 2.06. The van der Waals surface area contributed by atoms with Gasteiger partial charge in [-0.1, -0.05) is 18.0 Å². The van der Waals surface area contributed by atoms with E-state index in [1.165, 1.54) is 12.1 Å². The molecule has 1 aromatic heterocycles. The molecule has 1 heterocycles. The molecule has 6 nitrogen and oxygen atoms in total. The topological polar surface area (TPSA) is 92.2 Å². The number of amides is 1. The molecule has 18 heavy (non-hydrogen) atoms. The van der Waals surface area contributed by atoms with Gasteiger partial charge in [0.05, 0.1) is 5.41 Å².